The maximum absolute atomic E-state index is 12.5. The molecule has 70 valence electrons. The topological polar surface area (TPSA) is 26.0 Å². The highest BCUT2D eigenvalue weighted by atomic mass is 19.3. The lowest BCUT2D eigenvalue weighted by Gasteiger charge is -2.10. The Bertz CT molecular complexity index is 201. The van der Waals surface area contributed by atoms with Gasteiger partial charge in [-0.2, -0.15) is 0 Å². The van der Waals surface area contributed by atoms with Gasteiger partial charge in [0.25, 0.3) is 5.92 Å². The van der Waals surface area contributed by atoms with Crippen molar-refractivity contribution >= 4 is 0 Å². The van der Waals surface area contributed by atoms with Crippen LogP contribution in [0.3, 0.4) is 0 Å². The maximum atomic E-state index is 12.5. The Morgan fingerprint density at radius 3 is 2.25 bits per heavy atom. The van der Waals surface area contributed by atoms with Crippen LogP contribution in [0.1, 0.15) is 20.3 Å². The number of rotatable bonds is 3. The molecule has 0 aromatic rings. The third-order valence-corrected chi connectivity index (χ3v) is 1.34. The van der Waals surface area contributed by atoms with Gasteiger partial charge in [0.1, 0.15) is 5.83 Å². The number of nitrogens with two attached hydrogens (primary N) is 1. The molecule has 0 aromatic carbocycles. The van der Waals surface area contributed by atoms with E-state index in [4.69, 9.17) is 5.73 Å². The third-order valence-electron chi connectivity index (χ3n) is 1.34. The summed E-state index contributed by atoms with van der Waals surface area (Å²) in [6.07, 6.45) is 1.57. The molecule has 2 N–H and O–H groups in total. The largest absolute Gasteiger partial charge is 0.404 e. The SMILES string of the molecule is CC/C(F)=C\C(=C/N)C(C)(F)F. The number of hydrogen-bond donors (Lipinski definition) is 1. The van der Waals surface area contributed by atoms with E-state index in [1.54, 1.807) is 0 Å². The lowest BCUT2D eigenvalue weighted by atomic mass is 10.1. The molecule has 0 saturated heterocycles. The van der Waals surface area contributed by atoms with E-state index in [0.717, 1.165) is 12.3 Å². The van der Waals surface area contributed by atoms with Crippen LogP contribution < -0.4 is 5.73 Å². The predicted octanol–water partition coefficient (Wildman–Crippen LogP) is 2.75. The Morgan fingerprint density at radius 2 is 2.00 bits per heavy atom. The van der Waals surface area contributed by atoms with E-state index >= 15 is 0 Å². The van der Waals surface area contributed by atoms with Crippen molar-refractivity contribution < 1.29 is 13.2 Å². The average molecular weight is 179 g/mol. The summed E-state index contributed by atoms with van der Waals surface area (Å²) < 4.78 is 37.6. The number of halogens is 3. The lowest BCUT2D eigenvalue weighted by molar-refractivity contribution is 0.0669. The molecule has 0 fully saturated rings. The molecule has 0 heterocycles. The smallest absolute Gasteiger partial charge is 0.271 e. The number of hydrogen-bond acceptors (Lipinski definition) is 1. The van der Waals surface area contributed by atoms with Crippen LogP contribution in [0, 0.1) is 0 Å². The van der Waals surface area contributed by atoms with Crippen molar-refractivity contribution in [2.24, 2.45) is 5.73 Å². The molecular weight excluding hydrogens is 167 g/mol. The molecule has 0 atom stereocenters. The van der Waals surface area contributed by atoms with Crippen LogP contribution in [0.4, 0.5) is 13.2 Å². The van der Waals surface area contributed by atoms with Gasteiger partial charge in [0, 0.05) is 18.7 Å². The van der Waals surface area contributed by atoms with Gasteiger partial charge in [-0.1, -0.05) is 6.92 Å². The molecule has 12 heavy (non-hydrogen) atoms. The van der Waals surface area contributed by atoms with Crippen molar-refractivity contribution in [3.05, 3.63) is 23.7 Å². The summed E-state index contributed by atoms with van der Waals surface area (Å²) in [7, 11) is 0. The molecule has 0 spiro atoms. The fourth-order valence-corrected chi connectivity index (χ4v) is 0.592. The first-order valence-corrected chi connectivity index (χ1v) is 3.58. The second kappa shape index (κ2) is 4.18. The van der Waals surface area contributed by atoms with E-state index < -0.39 is 17.3 Å². The Balaban J connectivity index is 4.63. The standard InChI is InChI=1S/C8H12F3N/c1-3-7(9)4-6(5-12)8(2,10)11/h4-5H,3,12H2,1-2H3/b6-5+,7-4+. The van der Waals surface area contributed by atoms with Crippen LogP contribution in [0.5, 0.6) is 0 Å². The molecule has 4 heteroatoms. The molecule has 0 aliphatic rings. The molecule has 0 amide bonds. The van der Waals surface area contributed by atoms with Gasteiger partial charge in [-0.15, -0.1) is 0 Å². The minimum absolute atomic E-state index is 0.0907. The van der Waals surface area contributed by atoms with Gasteiger partial charge in [-0.05, 0) is 12.5 Å². The summed E-state index contributed by atoms with van der Waals surface area (Å²) in [4.78, 5) is 0. The van der Waals surface area contributed by atoms with Gasteiger partial charge in [0.2, 0.25) is 0 Å². The zero-order chi connectivity index (χ0) is 9.78. The normalized spacial score (nSPS) is 15.1. The van der Waals surface area contributed by atoms with Gasteiger partial charge in [0.05, 0.1) is 0 Å². The second-order valence-electron chi connectivity index (χ2n) is 2.46. The first-order chi connectivity index (χ1) is 5.41. The summed E-state index contributed by atoms with van der Waals surface area (Å²) in [5.41, 5.74) is 4.41. The molecule has 1 nitrogen and oxygen atoms in total. The van der Waals surface area contributed by atoms with Crippen molar-refractivity contribution in [1.29, 1.82) is 0 Å². The van der Waals surface area contributed by atoms with Crippen LogP contribution in [-0.4, -0.2) is 5.92 Å². The van der Waals surface area contributed by atoms with Crippen LogP contribution in [0.15, 0.2) is 23.7 Å². The van der Waals surface area contributed by atoms with Crippen molar-refractivity contribution in [3.8, 4) is 0 Å². The summed E-state index contributed by atoms with van der Waals surface area (Å²) in [6.45, 7) is 2.21. The van der Waals surface area contributed by atoms with Crippen molar-refractivity contribution in [3.63, 3.8) is 0 Å². The Labute approximate surface area is 69.8 Å². The van der Waals surface area contributed by atoms with Gasteiger partial charge in [-0.3, -0.25) is 0 Å². The fraction of sp³-hybridized carbons (Fsp3) is 0.500. The Morgan fingerprint density at radius 1 is 1.50 bits per heavy atom. The Kier molecular flexibility index (Phi) is 3.86. The lowest BCUT2D eigenvalue weighted by Crippen LogP contribution is -2.13. The van der Waals surface area contributed by atoms with E-state index in [1.165, 1.54) is 6.92 Å². The van der Waals surface area contributed by atoms with Crippen molar-refractivity contribution in [2.45, 2.75) is 26.2 Å². The first kappa shape index (κ1) is 11.1. The second-order valence-corrected chi connectivity index (χ2v) is 2.46. The first-order valence-electron chi connectivity index (χ1n) is 3.58. The van der Waals surface area contributed by atoms with Crippen molar-refractivity contribution in [1.82, 2.24) is 0 Å². The highest BCUT2D eigenvalue weighted by Crippen LogP contribution is 2.25. The molecule has 0 bridgehead atoms. The molecular formula is C8H12F3N. The number of allylic oxidation sites excluding steroid dienone is 3. The average Bonchev–Trinajstić information content (AvgIpc) is 1.97. The number of alkyl halides is 2. The minimum atomic E-state index is -3.08. The van der Waals surface area contributed by atoms with Gasteiger partial charge < -0.3 is 5.73 Å². The molecule has 0 aliphatic heterocycles. The Hall–Kier alpha value is -0.930. The van der Waals surface area contributed by atoms with E-state index in [1.807, 2.05) is 0 Å². The monoisotopic (exact) mass is 179 g/mol. The zero-order valence-corrected chi connectivity index (χ0v) is 7.07. The highest BCUT2D eigenvalue weighted by molar-refractivity contribution is 5.26. The van der Waals surface area contributed by atoms with Crippen LogP contribution >= 0.6 is 0 Å². The van der Waals surface area contributed by atoms with E-state index in [-0.39, 0.29) is 6.42 Å². The van der Waals surface area contributed by atoms with E-state index in [9.17, 15) is 13.2 Å². The quantitative estimate of drug-likeness (QED) is 0.662. The van der Waals surface area contributed by atoms with Gasteiger partial charge in [0.15, 0.2) is 0 Å². The van der Waals surface area contributed by atoms with Crippen LogP contribution in [0.2, 0.25) is 0 Å². The summed E-state index contributed by atoms with van der Waals surface area (Å²) >= 11 is 0. The van der Waals surface area contributed by atoms with Crippen molar-refractivity contribution in [2.75, 3.05) is 0 Å². The molecule has 0 radical (unpaired) electrons. The van der Waals surface area contributed by atoms with Gasteiger partial charge in [-0.25, -0.2) is 13.2 Å². The van der Waals surface area contributed by atoms with Crippen LogP contribution in [0.25, 0.3) is 0 Å². The maximum Gasteiger partial charge on any atom is 0.271 e. The molecule has 0 aromatic heterocycles. The fourth-order valence-electron chi connectivity index (χ4n) is 0.592. The third kappa shape index (κ3) is 3.46. The summed E-state index contributed by atoms with van der Waals surface area (Å²) in [6, 6.07) is 0. The molecule has 0 unspecified atom stereocenters. The molecule has 0 aliphatic carbocycles. The van der Waals surface area contributed by atoms with Crippen LogP contribution in [-0.2, 0) is 0 Å². The predicted molar refractivity (Wildman–Crippen MR) is 42.4 cm³/mol. The van der Waals surface area contributed by atoms with E-state index in [2.05, 4.69) is 0 Å². The summed E-state index contributed by atoms with van der Waals surface area (Å²) in [5, 5.41) is 0. The molecule has 0 saturated carbocycles. The summed E-state index contributed by atoms with van der Waals surface area (Å²) in [5.74, 6) is -3.69. The van der Waals surface area contributed by atoms with Gasteiger partial charge >= 0.3 is 0 Å². The molecule has 0 rings (SSSR count). The highest BCUT2D eigenvalue weighted by Gasteiger charge is 2.25. The zero-order valence-electron chi connectivity index (χ0n) is 7.07. The van der Waals surface area contributed by atoms with E-state index in [0.29, 0.717) is 6.92 Å². The minimum Gasteiger partial charge on any atom is -0.404 e.